The van der Waals surface area contributed by atoms with Gasteiger partial charge in [0.2, 0.25) is 0 Å². The summed E-state index contributed by atoms with van der Waals surface area (Å²) in [4.78, 5) is 0. The molecule has 0 bridgehead atoms. The van der Waals surface area contributed by atoms with Gasteiger partial charge in [0, 0.05) is 10.8 Å². The van der Waals surface area contributed by atoms with Crippen LogP contribution in [0.25, 0.3) is 0 Å². The predicted molar refractivity (Wildman–Crippen MR) is 28.7 cm³/mol. The Labute approximate surface area is 47.3 Å². The van der Waals surface area contributed by atoms with Gasteiger partial charge in [-0.2, -0.15) is 0 Å². The van der Waals surface area contributed by atoms with Gasteiger partial charge in [0.15, 0.2) is 0 Å². The van der Waals surface area contributed by atoms with E-state index in [0.717, 1.165) is 0 Å². The summed E-state index contributed by atoms with van der Waals surface area (Å²) in [6.45, 7) is 1.61. The minimum absolute atomic E-state index is 0.172. The summed E-state index contributed by atoms with van der Waals surface area (Å²) in [6.07, 6.45) is -1.60. The third-order valence-corrected chi connectivity index (χ3v) is 0.524. The first kappa shape index (κ1) is 1.53. The molecular formula is C4H9Br. The fourth-order valence-electron chi connectivity index (χ4n) is 0.0668. The van der Waals surface area contributed by atoms with Crippen LogP contribution in [0, 0.1) is 0 Å². The highest BCUT2D eigenvalue weighted by Crippen LogP contribution is 1.89. The maximum absolute atomic E-state index is 7.07. The van der Waals surface area contributed by atoms with E-state index in [0.29, 0.717) is 0 Å². The molecule has 5 heavy (non-hydrogen) atoms. The summed E-state index contributed by atoms with van der Waals surface area (Å²) < 4.78 is 28.0. The first-order chi connectivity index (χ1) is 3.81. The van der Waals surface area contributed by atoms with E-state index in [9.17, 15) is 0 Å². The van der Waals surface area contributed by atoms with Crippen molar-refractivity contribution >= 4 is 15.9 Å². The average Bonchev–Trinajstić information content (AvgIpc) is 1.64. The normalized spacial score (nSPS) is 26.0. The molecule has 0 fully saturated rings. The van der Waals surface area contributed by atoms with Gasteiger partial charge in [0.25, 0.3) is 0 Å². The molecule has 0 aliphatic heterocycles. The van der Waals surface area contributed by atoms with E-state index in [-0.39, 0.29) is 6.42 Å². The van der Waals surface area contributed by atoms with E-state index in [1.165, 1.54) is 0 Å². The predicted octanol–water partition coefficient (Wildman–Crippen LogP) is 2.18. The van der Waals surface area contributed by atoms with Crippen molar-refractivity contribution in [2.45, 2.75) is 19.7 Å². The van der Waals surface area contributed by atoms with Crippen LogP contribution in [0.5, 0.6) is 0 Å². The van der Waals surface area contributed by atoms with Gasteiger partial charge in [-0.3, -0.25) is 0 Å². The van der Waals surface area contributed by atoms with Crippen molar-refractivity contribution < 1.29 is 5.48 Å². The van der Waals surface area contributed by atoms with Crippen LogP contribution >= 0.6 is 15.9 Å². The molecule has 0 heterocycles. The fraction of sp³-hybridized carbons (Fsp3) is 1.00. The Morgan fingerprint density at radius 1 is 2.00 bits per heavy atom. The van der Waals surface area contributed by atoms with E-state index in [2.05, 4.69) is 15.9 Å². The Hall–Kier alpha value is 0.480. The van der Waals surface area contributed by atoms with Gasteiger partial charge in [-0.25, -0.2) is 0 Å². The fourth-order valence-corrected chi connectivity index (χ4v) is 0.347. The van der Waals surface area contributed by atoms with Gasteiger partial charge in [-0.05, 0) is 6.37 Å². The van der Waals surface area contributed by atoms with Crippen molar-refractivity contribution in [1.29, 1.82) is 0 Å². The van der Waals surface area contributed by atoms with Crippen LogP contribution in [0.3, 0.4) is 0 Å². The van der Waals surface area contributed by atoms with Crippen molar-refractivity contribution in [2.24, 2.45) is 0 Å². The molecule has 0 saturated heterocycles. The molecule has 0 atom stereocenters. The Balaban J connectivity index is 4.14. The molecule has 0 radical (unpaired) electrons. The molecule has 32 valence electrons. The molecule has 0 aromatic rings. The molecule has 0 nitrogen and oxygen atoms in total. The maximum Gasteiger partial charge on any atom is 0.0387 e. The van der Waals surface area contributed by atoms with Crippen LogP contribution in [-0.2, 0) is 0 Å². The van der Waals surface area contributed by atoms with Gasteiger partial charge in [-0.1, -0.05) is 29.3 Å². The van der Waals surface area contributed by atoms with E-state index in [4.69, 9.17) is 5.48 Å². The van der Waals surface area contributed by atoms with Crippen LogP contribution in [-0.4, -0.2) is 5.28 Å². The summed E-state index contributed by atoms with van der Waals surface area (Å²) in [5.74, 6) is 0. The first-order valence-corrected chi connectivity index (χ1v) is 2.29. The molecule has 0 amide bonds. The van der Waals surface area contributed by atoms with Crippen LogP contribution in [0.4, 0.5) is 0 Å². The zero-order chi connectivity index (χ0) is 7.71. The highest BCUT2D eigenvalue weighted by molar-refractivity contribution is 9.09. The van der Waals surface area contributed by atoms with E-state index in [1.807, 2.05) is 0 Å². The lowest BCUT2D eigenvalue weighted by Crippen LogP contribution is -1.64. The smallest absolute Gasteiger partial charge is 0.0387 e. The highest BCUT2D eigenvalue weighted by atomic mass is 79.9. The second kappa shape index (κ2) is 4.48. The van der Waals surface area contributed by atoms with Gasteiger partial charge in [0.05, 0.1) is 0 Å². The molecule has 1 heteroatoms. The topological polar surface area (TPSA) is 0 Å². The number of hydrogen-bond donors (Lipinski definition) is 0. The summed E-state index contributed by atoms with van der Waals surface area (Å²) in [6, 6.07) is 0. The molecule has 0 spiro atoms. The Bertz CT molecular complexity index is 95.2. The van der Waals surface area contributed by atoms with Gasteiger partial charge >= 0.3 is 0 Å². The third-order valence-electron chi connectivity index (χ3n) is 0.244. The molecule has 0 aliphatic rings. The van der Waals surface area contributed by atoms with Crippen molar-refractivity contribution in [1.82, 2.24) is 0 Å². The molecule has 0 N–H and O–H groups in total. The second-order valence-corrected chi connectivity index (χ2v) is 1.02. The van der Waals surface area contributed by atoms with E-state index < -0.39 is 11.7 Å². The molecule has 0 aromatic heterocycles. The summed E-state index contributed by atoms with van der Waals surface area (Å²) in [5.41, 5.74) is 0. The van der Waals surface area contributed by atoms with Crippen LogP contribution in [0.15, 0.2) is 0 Å². The van der Waals surface area contributed by atoms with Crippen LogP contribution in [0.1, 0.15) is 25.2 Å². The van der Waals surface area contributed by atoms with Crippen molar-refractivity contribution in [2.75, 3.05) is 5.28 Å². The first-order valence-electron chi connectivity index (χ1n) is 3.50. The molecule has 0 aromatic carbocycles. The Morgan fingerprint density at radius 2 is 2.60 bits per heavy atom. The van der Waals surface area contributed by atoms with Crippen molar-refractivity contribution in [3.05, 3.63) is 0 Å². The number of alkyl halides is 1. The maximum atomic E-state index is 7.07. The zero-order valence-corrected chi connectivity index (χ0v) is 4.67. The summed E-state index contributed by atoms with van der Waals surface area (Å²) in [5, 5.41) is -1.91. The quantitative estimate of drug-likeness (QED) is 0.517. The average molecular weight is 141 g/mol. The SMILES string of the molecule is [2H]C([2H])(Br)C([2H])([2H])CC. The minimum atomic E-state index is -1.91. The Morgan fingerprint density at radius 3 is 2.60 bits per heavy atom. The lowest BCUT2D eigenvalue weighted by molar-refractivity contribution is 0.902. The third kappa shape index (κ3) is 4.48. The summed E-state index contributed by atoms with van der Waals surface area (Å²) in [7, 11) is 0. The number of rotatable bonds is 2. The van der Waals surface area contributed by atoms with Crippen LogP contribution < -0.4 is 0 Å². The van der Waals surface area contributed by atoms with Crippen molar-refractivity contribution in [3.63, 3.8) is 0 Å². The second-order valence-electron chi connectivity index (χ2n) is 0.625. The highest BCUT2D eigenvalue weighted by Gasteiger charge is 1.69. The lowest BCUT2D eigenvalue weighted by atomic mass is 10.4. The van der Waals surface area contributed by atoms with Gasteiger partial charge in [-0.15, -0.1) is 0 Å². The largest absolute Gasteiger partial charge is 0.0928 e. The zero-order valence-electron chi connectivity index (χ0n) is 7.09. The monoisotopic (exact) mass is 140 g/mol. The number of hydrogen-bond acceptors (Lipinski definition) is 0. The molecule has 0 aliphatic carbocycles. The van der Waals surface area contributed by atoms with E-state index in [1.54, 1.807) is 6.92 Å². The summed E-state index contributed by atoms with van der Waals surface area (Å²) >= 11 is 2.62. The molecule has 0 unspecified atom stereocenters. The van der Waals surface area contributed by atoms with Gasteiger partial charge in [0.1, 0.15) is 0 Å². The Kier molecular flexibility index (Phi) is 1.37. The molecule has 0 rings (SSSR count). The van der Waals surface area contributed by atoms with Gasteiger partial charge < -0.3 is 0 Å². The standard InChI is InChI=1S/C4H9Br/c1-2-3-4-5/h2-4H2,1H3/i3D2,4D2. The minimum Gasteiger partial charge on any atom is -0.0928 e. The van der Waals surface area contributed by atoms with E-state index >= 15 is 0 Å². The molecular weight excluding hydrogens is 128 g/mol. The van der Waals surface area contributed by atoms with Crippen molar-refractivity contribution in [3.8, 4) is 0 Å². The lowest BCUT2D eigenvalue weighted by Gasteiger charge is -1.77. The molecule has 0 saturated carbocycles. The number of halogens is 1. The van der Waals surface area contributed by atoms with Crippen LogP contribution in [0.2, 0.25) is 0 Å².